The Balaban J connectivity index is 2.30. The van der Waals surface area contributed by atoms with Gasteiger partial charge in [-0.25, -0.2) is 0 Å². The van der Waals surface area contributed by atoms with E-state index in [4.69, 9.17) is 0 Å². The molecule has 3 aromatic rings. The first-order valence-corrected chi connectivity index (χ1v) is 12.0. The van der Waals surface area contributed by atoms with E-state index in [0.717, 1.165) is 16.8 Å². The van der Waals surface area contributed by atoms with Crippen LogP contribution in [0.3, 0.4) is 0 Å². The van der Waals surface area contributed by atoms with E-state index in [9.17, 15) is 15.0 Å². The van der Waals surface area contributed by atoms with Gasteiger partial charge in [-0.05, 0) is 55.2 Å². The maximum Gasteiger partial charge on any atom is 0.309 e. The van der Waals surface area contributed by atoms with Gasteiger partial charge in [-0.2, -0.15) is 0 Å². The molecule has 0 atom stereocenters. The zero-order valence-corrected chi connectivity index (χ0v) is 21.0. The summed E-state index contributed by atoms with van der Waals surface area (Å²) in [6.07, 6.45) is 0.435. The second-order valence-electron chi connectivity index (χ2n) is 10.5. The van der Waals surface area contributed by atoms with Crippen LogP contribution in [-0.2, 0) is 17.8 Å². The highest BCUT2D eigenvalue weighted by Crippen LogP contribution is 2.44. The third-order valence-electron chi connectivity index (χ3n) is 5.68. The highest BCUT2D eigenvalue weighted by Gasteiger charge is 2.32. The summed E-state index contributed by atoms with van der Waals surface area (Å²) in [5.74, 6) is -0.149. The third-order valence-corrected chi connectivity index (χ3v) is 6.96. The first kappa shape index (κ1) is 24.2. The summed E-state index contributed by atoms with van der Waals surface area (Å²) in [6, 6.07) is 13.9. The van der Waals surface area contributed by atoms with Gasteiger partial charge in [0.1, 0.15) is 5.75 Å². The minimum Gasteiger partial charge on any atom is -0.508 e. The van der Waals surface area contributed by atoms with E-state index in [1.165, 1.54) is 15.8 Å². The molecular weight excluding hydrogens is 418 g/mol. The lowest BCUT2D eigenvalue weighted by molar-refractivity contribution is -0.146. The Labute approximate surface area is 195 Å². The van der Waals surface area contributed by atoms with Crippen molar-refractivity contribution in [1.29, 1.82) is 0 Å². The van der Waals surface area contributed by atoms with Gasteiger partial charge in [-0.3, -0.25) is 4.79 Å². The molecule has 2 N–H and O–H groups in total. The predicted octanol–water partition coefficient (Wildman–Crippen LogP) is 7.06. The van der Waals surface area contributed by atoms with Crippen molar-refractivity contribution < 1.29 is 15.0 Å². The summed E-state index contributed by atoms with van der Waals surface area (Å²) < 4.78 is 2.25. The number of aromatic hydroxyl groups is 1. The Bertz CT molecular complexity index is 1120. The maximum atomic E-state index is 12.0. The van der Waals surface area contributed by atoms with Gasteiger partial charge in [0.25, 0.3) is 0 Å². The van der Waals surface area contributed by atoms with Gasteiger partial charge in [0.2, 0.25) is 0 Å². The Morgan fingerprint density at radius 3 is 2.19 bits per heavy atom. The van der Waals surface area contributed by atoms with Crippen molar-refractivity contribution in [2.45, 2.75) is 77.0 Å². The molecule has 0 unspecified atom stereocenters. The number of carboxylic acid groups (broad SMARTS) is 1. The van der Waals surface area contributed by atoms with Gasteiger partial charge in [0, 0.05) is 39.2 Å². The standard InChI is InChI=1S/C27H35NO3S/c1-17(2)19-10-13-22-21(14-19)24(32-26(3,4)5)23(15-27(6,7)25(30)31)28(22)16-18-8-11-20(29)12-9-18/h8-14,17,29H,15-16H2,1-7H3,(H,30,31). The molecule has 0 aliphatic carbocycles. The summed E-state index contributed by atoms with van der Waals surface area (Å²) in [6.45, 7) is 15.2. The first-order chi connectivity index (χ1) is 14.8. The Hall–Kier alpha value is -2.40. The number of aromatic nitrogens is 1. The maximum absolute atomic E-state index is 12.0. The molecule has 0 saturated heterocycles. The second kappa shape index (κ2) is 8.86. The Morgan fingerprint density at radius 2 is 1.66 bits per heavy atom. The van der Waals surface area contributed by atoms with Crippen molar-refractivity contribution >= 4 is 28.6 Å². The summed E-state index contributed by atoms with van der Waals surface area (Å²) in [5.41, 5.74) is 3.62. The number of benzene rings is 2. The minimum atomic E-state index is -0.894. The van der Waals surface area contributed by atoms with E-state index in [2.05, 4.69) is 57.4 Å². The number of phenols is 1. The van der Waals surface area contributed by atoms with Gasteiger partial charge in [0.05, 0.1) is 5.41 Å². The Morgan fingerprint density at radius 1 is 1.03 bits per heavy atom. The lowest BCUT2D eigenvalue weighted by atomic mass is 9.88. The predicted molar refractivity (Wildman–Crippen MR) is 134 cm³/mol. The highest BCUT2D eigenvalue weighted by atomic mass is 32.2. The third kappa shape index (κ3) is 5.32. The summed E-state index contributed by atoms with van der Waals surface area (Å²) in [7, 11) is 0. The summed E-state index contributed by atoms with van der Waals surface area (Å²) in [4.78, 5) is 13.2. The minimum absolute atomic E-state index is 0.0202. The van der Waals surface area contributed by atoms with Crippen LogP contribution >= 0.6 is 11.8 Å². The van der Waals surface area contributed by atoms with Crippen molar-refractivity contribution in [2.24, 2.45) is 5.41 Å². The molecule has 5 heteroatoms. The zero-order valence-electron chi connectivity index (χ0n) is 20.2. The average Bonchev–Trinajstić information content (AvgIpc) is 2.94. The van der Waals surface area contributed by atoms with Gasteiger partial charge >= 0.3 is 5.97 Å². The average molecular weight is 454 g/mol. The van der Waals surface area contributed by atoms with Gasteiger partial charge in [-0.1, -0.05) is 52.8 Å². The van der Waals surface area contributed by atoms with E-state index >= 15 is 0 Å². The van der Waals surface area contributed by atoms with Crippen molar-refractivity contribution in [3.05, 3.63) is 59.3 Å². The molecule has 0 spiro atoms. The largest absolute Gasteiger partial charge is 0.508 e. The number of hydrogen-bond donors (Lipinski definition) is 2. The fourth-order valence-corrected chi connectivity index (χ4v) is 4.99. The molecule has 3 rings (SSSR count). The molecule has 4 nitrogen and oxygen atoms in total. The SMILES string of the molecule is CC(C)c1ccc2c(c1)c(SC(C)(C)C)c(CC(C)(C)C(=O)O)n2Cc1ccc(O)cc1. The van der Waals surface area contributed by atoms with Crippen LogP contribution in [0.1, 0.15) is 71.2 Å². The molecule has 0 fully saturated rings. The van der Waals surface area contributed by atoms with Crippen molar-refractivity contribution in [2.75, 3.05) is 0 Å². The number of fused-ring (bicyclic) bond motifs is 1. The molecular formula is C27H35NO3S. The molecule has 2 aromatic carbocycles. The number of rotatable bonds is 7. The smallest absolute Gasteiger partial charge is 0.309 e. The molecule has 0 radical (unpaired) electrons. The molecule has 0 aliphatic rings. The normalized spacial score (nSPS) is 12.6. The lowest BCUT2D eigenvalue weighted by Crippen LogP contribution is -2.28. The molecule has 0 bridgehead atoms. The molecule has 0 aliphatic heterocycles. The second-order valence-corrected chi connectivity index (χ2v) is 12.4. The molecule has 0 saturated carbocycles. The van der Waals surface area contributed by atoms with E-state index in [1.807, 2.05) is 23.9 Å². The van der Waals surface area contributed by atoms with Crippen molar-refractivity contribution in [3.63, 3.8) is 0 Å². The van der Waals surface area contributed by atoms with Gasteiger partial charge < -0.3 is 14.8 Å². The number of phenolic OH excluding ortho intramolecular Hbond substituents is 1. The van der Waals surface area contributed by atoms with Gasteiger partial charge in [-0.15, -0.1) is 11.8 Å². The Kier molecular flexibility index (Phi) is 6.71. The lowest BCUT2D eigenvalue weighted by Gasteiger charge is -2.24. The molecule has 1 heterocycles. The number of thioether (sulfide) groups is 1. The van der Waals surface area contributed by atoms with Crippen LogP contribution in [0, 0.1) is 5.41 Å². The molecule has 1 aromatic heterocycles. The number of hydrogen-bond acceptors (Lipinski definition) is 3. The highest BCUT2D eigenvalue weighted by molar-refractivity contribution is 8.00. The van der Waals surface area contributed by atoms with E-state index < -0.39 is 11.4 Å². The fourth-order valence-electron chi connectivity index (χ4n) is 3.81. The van der Waals surface area contributed by atoms with Crippen LogP contribution < -0.4 is 0 Å². The van der Waals surface area contributed by atoms with Gasteiger partial charge in [0.15, 0.2) is 0 Å². The number of nitrogens with zero attached hydrogens (tertiary/aromatic N) is 1. The van der Waals surface area contributed by atoms with E-state index in [1.54, 1.807) is 26.0 Å². The topological polar surface area (TPSA) is 62.5 Å². The number of carboxylic acids is 1. The van der Waals surface area contributed by atoms with Crippen molar-refractivity contribution in [3.8, 4) is 5.75 Å². The van der Waals surface area contributed by atoms with Crippen LogP contribution in [0.15, 0.2) is 47.4 Å². The van der Waals surface area contributed by atoms with Crippen LogP contribution in [0.5, 0.6) is 5.75 Å². The monoisotopic (exact) mass is 453 g/mol. The number of carbonyl (C=O) groups is 1. The quantitative estimate of drug-likeness (QED) is 0.376. The van der Waals surface area contributed by atoms with Crippen LogP contribution in [0.4, 0.5) is 0 Å². The summed E-state index contributed by atoms with van der Waals surface area (Å²) >= 11 is 1.81. The van der Waals surface area contributed by atoms with Crippen molar-refractivity contribution in [1.82, 2.24) is 4.57 Å². The van der Waals surface area contributed by atoms with E-state index in [-0.39, 0.29) is 10.5 Å². The molecule has 32 heavy (non-hydrogen) atoms. The van der Waals surface area contributed by atoms with Crippen LogP contribution in [-0.4, -0.2) is 25.5 Å². The zero-order chi connectivity index (χ0) is 23.8. The molecule has 0 amide bonds. The van der Waals surface area contributed by atoms with Crippen LogP contribution in [0.25, 0.3) is 10.9 Å². The summed E-state index contributed by atoms with van der Waals surface area (Å²) in [5, 5.41) is 20.8. The fraction of sp³-hybridized carbons (Fsp3) is 0.444. The van der Waals surface area contributed by atoms with E-state index in [0.29, 0.717) is 18.9 Å². The molecule has 172 valence electrons. The first-order valence-electron chi connectivity index (χ1n) is 11.1. The van der Waals surface area contributed by atoms with Crippen LogP contribution in [0.2, 0.25) is 0 Å². The number of aliphatic carboxylic acids is 1.